The van der Waals surface area contributed by atoms with Crippen LogP contribution in [0.4, 0.5) is 0 Å². The van der Waals surface area contributed by atoms with Crippen LogP contribution >= 0.6 is 23.8 Å². The van der Waals surface area contributed by atoms with E-state index in [1.807, 2.05) is 0 Å². The Morgan fingerprint density at radius 2 is 1.77 bits per heavy atom. The lowest BCUT2D eigenvalue weighted by Crippen LogP contribution is -2.52. The quantitative estimate of drug-likeness (QED) is 0.503. The molecule has 0 spiro atoms. The third-order valence-electron chi connectivity index (χ3n) is 3.23. The summed E-state index contributed by atoms with van der Waals surface area (Å²) in [7, 11) is 4.32. The minimum Gasteiger partial charge on any atom is -0.504 e. The predicted octanol–water partition coefficient (Wildman–Crippen LogP) is 1.65. The van der Waals surface area contributed by atoms with Crippen molar-refractivity contribution in [3.05, 3.63) is 28.3 Å². The Morgan fingerprint density at radius 1 is 1.23 bits per heavy atom. The summed E-state index contributed by atoms with van der Waals surface area (Å²) in [5, 5.41) is 10.5. The molecule has 1 aromatic carbocycles. The van der Waals surface area contributed by atoms with Gasteiger partial charge in [-0.25, -0.2) is 0 Å². The summed E-state index contributed by atoms with van der Waals surface area (Å²) in [6.07, 6.45) is 1.27. The number of carbonyl (C=O) groups excluding carboxylic acids is 2. The molecule has 0 aliphatic carbocycles. The summed E-state index contributed by atoms with van der Waals surface area (Å²) in [6.45, 7) is 0. The van der Waals surface area contributed by atoms with Gasteiger partial charge >= 0.3 is 0 Å². The molecule has 1 N–H and O–H groups in total. The van der Waals surface area contributed by atoms with Crippen molar-refractivity contribution in [3.8, 4) is 11.5 Å². The summed E-state index contributed by atoms with van der Waals surface area (Å²) in [5.41, 5.74) is 0.0777. The van der Waals surface area contributed by atoms with E-state index in [1.165, 1.54) is 49.2 Å². The Hall–Kier alpha value is -2.12. The number of ether oxygens (including phenoxy) is 1. The molecular weight excluding hydrogens is 328 g/mol. The van der Waals surface area contributed by atoms with Crippen molar-refractivity contribution in [2.24, 2.45) is 0 Å². The highest BCUT2D eigenvalue weighted by atomic mass is 35.5. The van der Waals surface area contributed by atoms with Crippen molar-refractivity contribution < 1.29 is 19.4 Å². The van der Waals surface area contributed by atoms with Gasteiger partial charge in [-0.2, -0.15) is 0 Å². The number of aromatic hydroxyl groups is 1. The van der Waals surface area contributed by atoms with E-state index in [-0.39, 0.29) is 27.7 Å². The van der Waals surface area contributed by atoms with Gasteiger partial charge in [-0.05, 0) is 24.4 Å². The molecule has 1 aliphatic rings. The van der Waals surface area contributed by atoms with Crippen LogP contribution in [0.5, 0.6) is 11.5 Å². The van der Waals surface area contributed by atoms with Crippen LogP contribution in [0.15, 0.2) is 17.7 Å². The summed E-state index contributed by atoms with van der Waals surface area (Å²) < 4.78 is 4.99. The number of rotatable bonds is 2. The molecule has 1 aliphatic heterocycles. The number of likely N-dealkylation sites (N-methyl/N-ethyl adjacent to an activating group) is 2. The van der Waals surface area contributed by atoms with Gasteiger partial charge in [0.05, 0.1) is 7.11 Å². The first-order chi connectivity index (χ1) is 10.3. The highest BCUT2D eigenvalue weighted by Gasteiger charge is 2.35. The fraction of sp³-hybridized carbons (Fsp3) is 0.214. The second-order valence-electron chi connectivity index (χ2n) is 4.61. The molecule has 0 saturated carbocycles. The van der Waals surface area contributed by atoms with Gasteiger partial charge in [-0.15, -0.1) is 0 Å². The predicted molar refractivity (Wildman–Crippen MR) is 85.8 cm³/mol. The van der Waals surface area contributed by atoms with E-state index in [0.29, 0.717) is 5.02 Å². The number of nitrogens with zero attached hydrogens (tertiary/aromatic N) is 2. The lowest BCUT2D eigenvalue weighted by molar-refractivity contribution is -0.132. The molecule has 116 valence electrons. The first kappa shape index (κ1) is 16.3. The number of amides is 2. The zero-order valence-corrected chi connectivity index (χ0v) is 13.7. The average Bonchev–Trinajstić information content (AvgIpc) is 2.50. The van der Waals surface area contributed by atoms with E-state index in [1.54, 1.807) is 0 Å². The number of methoxy groups -OCH3 is 1. The van der Waals surface area contributed by atoms with Crippen molar-refractivity contribution in [1.82, 2.24) is 9.80 Å². The molecule has 1 saturated heterocycles. The maximum atomic E-state index is 12.2. The Labute approximate surface area is 137 Å². The van der Waals surface area contributed by atoms with Gasteiger partial charge < -0.3 is 9.84 Å². The van der Waals surface area contributed by atoms with Crippen LogP contribution in [0.1, 0.15) is 5.56 Å². The highest BCUT2D eigenvalue weighted by molar-refractivity contribution is 7.80. The van der Waals surface area contributed by atoms with Crippen molar-refractivity contribution in [2.45, 2.75) is 0 Å². The molecule has 1 aromatic rings. The smallest absolute Gasteiger partial charge is 0.265 e. The number of benzene rings is 1. The molecule has 0 radical (unpaired) electrons. The van der Waals surface area contributed by atoms with Gasteiger partial charge in [0, 0.05) is 30.7 Å². The van der Waals surface area contributed by atoms with Crippen LogP contribution < -0.4 is 4.74 Å². The molecule has 0 atom stereocenters. The third kappa shape index (κ3) is 2.65. The molecule has 22 heavy (non-hydrogen) atoms. The normalized spacial score (nSPS) is 15.5. The molecule has 6 nitrogen and oxygen atoms in total. The van der Waals surface area contributed by atoms with E-state index in [4.69, 9.17) is 28.6 Å². The van der Waals surface area contributed by atoms with E-state index < -0.39 is 11.8 Å². The third-order valence-corrected chi connectivity index (χ3v) is 4.00. The van der Waals surface area contributed by atoms with E-state index in [9.17, 15) is 14.7 Å². The number of thiocarbonyl (C=S) groups is 1. The molecule has 0 bridgehead atoms. The van der Waals surface area contributed by atoms with Crippen LogP contribution in [-0.4, -0.2) is 53.0 Å². The molecular formula is C14H13ClN2O4S. The lowest BCUT2D eigenvalue weighted by Gasteiger charge is -2.31. The first-order valence-electron chi connectivity index (χ1n) is 6.16. The Balaban J connectivity index is 2.57. The summed E-state index contributed by atoms with van der Waals surface area (Å²) in [4.78, 5) is 26.8. The minimum absolute atomic E-state index is 0.111. The van der Waals surface area contributed by atoms with Gasteiger partial charge in [0.1, 0.15) is 5.57 Å². The largest absolute Gasteiger partial charge is 0.504 e. The van der Waals surface area contributed by atoms with Gasteiger partial charge in [0.2, 0.25) is 0 Å². The lowest BCUT2D eigenvalue weighted by atomic mass is 10.1. The number of carbonyl (C=O) groups is 2. The highest BCUT2D eigenvalue weighted by Crippen LogP contribution is 2.35. The zero-order valence-electron chi connectivity index (χ0n) is 12.1. The molecule has 2 rings (SSSR count). The molecule has 1 fully saturated rings. The van der Waals surface area contributed by atoms with Crippen LogP contribution in [0.3, 0.4) is 0 Å². The van der Waals surface area contributed by atoms with Gasteiger partial charge in [0.25, 0.3) is 11.8 Å². The maximum absolute atomic E-state index is 12.2. The molecule has 0 aromatic heterocycles. The number of hydrogen-bond donors (Lipinski definition) is 1. The minimum atomic E-state index is -0.550. The molecule has 0 unspecified atom stereocenters. The van der Waals surface area contributed by atoms with E-state index in [2.05, 4.69) is 0 Å². The molecule has 1 heterocycles. The number of phenolic OH excluding ortho intramolecular Hbond substituents is 1. The average molecular weight is 341 g/mol. The zero-order chi connectivity index (χ0) is 16.6. The monoisotopic (exact) mass is 340 g/mol. The topological polar surface area (TPSA) is 70.1 Å². The summed E-state index contributed by atoms with van der Waals surface area (Å²) >= 11 is 10.9. The van der Waals surface area contributed by atoms with Crippen molar-refractivity contribution in [2.75, 3.05) is 21.2 Å². The van der Waals surface area contributed by atoms with Crippen molar-refractivity contribution >= 4 is 46.8 Å². The first-order valence-corrected chi connectivity index (χ1v) is 6.94. The Bertz CT molecular complexity index is 691. The maximum Gasteiger partial charge on any atom is 0.265 e. The molecule has 2 amide bonds. The van der Waals surface area contributed by atoms with Crippen LogP contribution in [0.2, 0.25) is 5.02 Å². The van der Waals surface area contributed by atoms with Crippen LogP contribution in [0.25, 0.3) is 6.08 Å². The fourth-order valence-electron chi connectivity index (χ4n) is 1.99. The van der Waals surface area contributed by atoms with Crippen LogP contribution in [-0.2, 0) is 9.59 Å². The summed E-state index contributed by atoms with van der Waals surface area (Å²) in [5.74, 6) is -1.16. The SMILES string of the molecule is COc1cc(Cl)cc(C=C2C(=O)N(C)C(=S)N(C)C2=O)c1O. The van der Waals surface area contributed by atoms with Gasteiger partial charge in [-0.1, -0.05) is 11.6 Å². The van der Waals surface area contributed by atoms with Crippen molar-refractivity contribution in [3.63, 3.8) is 0 Å². The molecule has 8 heteroatoms. The number of halogens is 1. The van der Waals surface area contributed by atoms with Crippen LogP contribution in [0, 0.1) is 0 Å². The summed E-state index contributed by atoms with van der Waals surface area (Å²) in [6, 6.07) is 2.86. The second-order valence-corrected chi connectivity index (χ2v) is 5.42. The van der Waals surface area contributed by atoms with Gasteiger partial charge in [0.15, 0.2) is 16.6 Å². The fourth-order valence-corrected chi connectivity index (χ4v) is 2.37. The second kappa shape index (κ2) is 5.94. The number of hydrogen-bond acceptors (Lipinski definition) is 5. The van der Waals surface area contributed by atoms with E-state index in [0.717, 1.165) is 0 Å². The Morgan fingerprint density at radius 3 is 2.27 bits per heavy atom. The Kier molecular flexibility index (Phi) is 4.39. The number of phenols is 1. The standard InChI is InChI=1S/C14H13ClN2O4S/c1-16-12(19)9(13(20)17(2)14(16)22)5-7-4-8(15)6-10(21-3)11(7)18/h4-6,18H,1-3H3. The van der Waals surface area contributed by atoms with Gasteiger partial charge in [-0.3, -0.25) is 19.4 Å². The van der Waals surface area contributed by atoms with Crippen molar-refractivity contribution in [1.29, 1.82) is 0 Å². The van der Waals surface area contributed by atoms with E-state index >= 15 is 0 Å².